The summed E-state index contributed by atoms with van der Waals surface area (Å²) in [5.41, 5.74) is 8.58. The van der Waals surface area contributed by atoms with Crippen LogP contribution in [0.1, 0.15) is 23.7 Å². The van der Waals surface area contributed by atoms with Crippen LogP contribution in [0.3, 0.4) is 0 Å². The molecule has 4 heteroatoms. The van der Waals surface area contributed by atoms with E-state index in [0.717, 1.165) is 36.1 Å². The molecule has 0 bridgehead atoms. The van der Waals surface area contributed by atoms with Crippen LogP contribution in [0, 0.1) is 0 Å². The van der Waals surface area contributed by atoms with E-state index in [1.165, 1.54) is 5.56 Å². The van der Waals surface area contributed by atoms with Gasteiger partial charge in [0.2, 0.25) is 0 Å². The second-order valence-electron chi connectivity index (χ2n) is 5.32. The molecule has 2 N–H and O–H groups in total. The van der Waals surface area contributed by atoms with E-state index in [2.05, 4.69) is 51.1 Å². The van der Waals surface area contributed by atoms with Gasteiger partial charge in [-0.05, 0) is 49.8 Å². The van der Waals surface area contributed by atoms with E-state index < -0.39 is 0 Å². The van der Waals surface area contributed by atoms with Gasteiger partial charge in [-0.2, -0.15) is 0 Å². The lowest BCUT2D eigenvalue weighted by Gasteiger charge is -2.19. The smallest absolute Gasteiger partial charge is 0.0416 e. The van der Waals surface area contributed by atoms with E-state index in [1.54, 1.807) is 0 Å². The number of pyridine rings is 1. The topological polar surface area (TPSA) is 42.2 Å². The molecule has 1 unspecified atom stereocenters. The van der Waals surface area contributed by atoms with Crippen LogP contribution >= 0.6 is 15.9 Å². The number of benzene rings is 1. The molecule has 0 aliphatic heterocycles. The number of nitrogens with zero attached hydrogens (tertiary/aromatic N) is 2. The Labute approximate surface area is 135 Å². The molecule has 0 spiro atoms. The standard InChI is InChI=1S/C17H22BrN3/c1-21(11-8-16-7-2-3-10-20-16)12-9-17(19)14-5-4-6-15(18)13-14/h2-7,10,13,17H,8-9,11-12,19H2,1H3. The Bertz CT molecular complexity index is 545. The zero-order valence-corrected chi connectivity index (χ0v) is 14.0. The summed E-state index contributed by atoms with van der Waals surface area (Å²) < 4.78 is 1.08. The highest BCUT2D eigenvalue weighted by atomic mass is 79.9. The van der Waals surface area contributed by atoms with Crippen LogP contribution in [0.25, 0.3) is 0 Å². The van der Waals surface area contributed by atoms with Gasteiger partial charge in [0.05, 0.1) is 0 Å². The lowest BCUT2D eigenvalue weighted by molar-refractivity contribution is 0.321. The van der Waals surface area contributed by atoms with Crippen LogP contribution < -0.4 is 5.73 Å². The predicted octanol–water partition coefficient (Wildman–Crippen LogP) is 3.41. The van der Waals surface area contributed by atoms with Gasteiger partial charge in [0.1, 0.15) is 0 Å². The van der Waals surface area contributed by atoms with Crippen LogP contribution in [0.15, 0.2) is 53.1 Å². The van der Waals surface area contributed by atoms with Crippen molar-refractivity contribution >= 4 is 15.9 Å². The molecule has 0 aliphatic rings. The Balaban J connectivity index is 1.74. The first-order chi connectivity index (χ1) is 10.1. The summed E-state index contributed by atoms with van der Waals surface area (Å²) in [6.45, 7) is 1.99. The highest BCUT2D eigenvalue weighted by Gasteiger charge is 2.08. The highest BCUT2D eigenvalue weighted by molar-refractivity contribution is 9.10. The maximum Gasteiger partial charge on any atom is 0.0416 e. The second-order valence-corrected chi connectivity index (χ2v) is 6.24. The summed E-state index contributed by atoms with van der Waals surface area (Å²) in [6, 6.07) is 14.4. The lowest BCUT2D eigenvalue weighted by atomic mass is 10.0. The molecule has 1 aromatic carbocycles. The minimum absolute atomic E-state index is 0.0831. The van der Waals surface area contributed by atoms with E-state index in [4.69, 9.17) is 5.73 Å². The van der Waals surface area contributed by atoms with Gasteiger partial charge < -0.3 is 10.6 Å². The van der Waals surface area contributed by atoms with Gasteiger partial charge in [-0.1, -0.05) is 34.1 Å². The van der Waals surface area contributed by atoms with Gasteiger partial charge >= 0.3 is 0 Å². The molecule has 0 radical (unpaired) electrons. The molecule has 0 fully saturated rings. The maximum absolute atomic E-state index is 6.26. The summed E-state index contributed by atoms with van der Waals surface area (Å²) in [5, 5.41) is 0. The Hall–Kier alpha value is -1.23. The molecule has 3 nitrogen and oxygen atoms in total. The van der Waals surface area contributed by atoms with Crippen molar-refractivity contribution in [2.75, 3.05) is 20.1 Å². The van der Waals surface area contributed by atoms with Crippen LogP contribution in [0.4, 0.5) is 0 Å². The first-order valence-electron chi connectivity index (χ1n) is 7.24. The van der Waals surface area contributed by atoms with E-state index in [-0.39, 0.29) is 6.04 Å². The molecule has 2 rings (SSSR count). The lowest BCUT2D eigenvalue weighted by Crippen LogP contribution is -2.26. The van der Waals surface area contributed by atoms with E-state index >= 15 is 0 Å². The van der Waals surface area contributed by atoms with Crippen molar-refractivity contribution in [3.8, 4) is 0 Å². The van der Waals surface area contributed by atoms with Gasteiger partial charge in [-0.15, -0.1) is 0 Å². The monoisotopic (exact) mass is 347 g/mol. The third-order valence-corrected chi connectivity index (χ3v) is 4.07. The minimum atomic E-state index is 0.0831. The third-order valence-electron chi connectivity index (χ3n) is 3.57. The van der Waals surface area contributed by atoms with Gasteiger partial charge in [-0.3, -0.25) is 4.98 Å². The number of rotatable bonds is 7. The van der Waals surface area contributed by atoms with E-state index in [0.29, 0.717) is 0 Å². The van der Waals surface area contributed by atoms with Gasteiger partial charge in [0.15, 0.2) is 0 Å². The zero-order valence-electron chi connectivity index (χ0n) is 12.4. The largest absolute Gasteiger partial charge is 0.324 e. The summed E-state index contributed by atoms with van der Waals surface area (Å²) in [7, 11) is 2.14. The summed E-state index contributed by atoms with van der Waals surface area (Å²) in [5.74, 6) is 0. The number of aromatic nitrogens is 1. The minimum Gasteiger partial charge on any atom is -0.324 e. The Kier molecular flexibility index (Phi) is 6.36. The van der Waals surface area contributed by atoms with Crippen LogP contribution in [0.5, 0.6) is 0 Å². The fraction of sp³-hybridized carbons (Fsp3) is 0.353. The molecule has 0 aliphatic carbocycles. The quantitative estimate of drug-likeness (QED) is 0.834. The Morgan fingerprint density at radius 3 is 2.76 bits per heavy atom. The van der Waals surface area contributed by atoms with Crippen molar-refractivity contribution < 1.29 is 0 Å². The number of halogens is 1. The molecule has 1 heterocycles. The van der Waals surface area contributed by atoms with Gasteiger partial charge in [-0.25, -0.2) is 0 Å². The molecule has 21 heavy (non-hydrogen) atoms. The number of hydrogen-bond donors (Lipinski definition) is 1. The first-order valence-corrected chi connectivity index (χ1v) is 8.04. The van der Waals surface area contributed by atoms with Crippen molar-refractivity contribution in [2.24, 2.45) is 5.73 Å². The molecule has 112 valence electrons. The molecule has 0 saturated heterocycles. The SMILES string of the molecule is CN(CCc1ccccn1)CCC(N)c1cccc(Br)c1. The third kappa shape index (κ3) is 5.58. The van der Waals surface area contributed by atoms with Crippen molar-refractivity contribution in [3.05, 3.63) is 64.4 Å². The maximum atomic E-state index is 6.26. The average Bonchev–Trinajstić information content (AvgIpc) is 2.51. The predicted molar refractivity (Wildman–Crippen MR) is 91.1 cm³/mol. The fourth-order valence-electron chi connectivity index (χ4n) is 2.23. The number of likely N-dealkylation sites (N-methyl/N-ethyl adjacent to an activating group) is 1. The Morgan fingerprint density at radius 2 is 2.05 bits per heavy atom. The molecular weight excluding hydrogens is 326 g/mol. The highest BCUT2D eigenvalue weighted by Crippen LogP contribution is 2.19. The van der Waals surface area contributed by atoms with Crippen molar-refractivity contribution in [1.29, 1.82) is 0 Å². The van der Waals surface area contributed by atoms with Gasteiger partial charge in [0.25, 0.3) is 0 Å². The molecular formula is C17H22BrN3. The molecule has 1 aromatic heterocycles. The average molecular weight is 348 g/mol. The van der Waals surface area contributed by atoms with Crippen LogP contribution in [-0.4, -0.2) is 30.0 Å². The summed E-state index contributed by atoms with van der Waals surface area (Å²) >= 11 is 3.49. The van der Waals surface area contributed by atoms with Gasteiger partial charge in [0, 0.05) is 35.4 Å². The summed E-state index contributed by atoms with van der Waals surface area (Å²) in [4.78, 5) is 6.66. The van der Waals surface area contributed by atoms with Crippen LogP contribution in [-0.2, 0) is 6.42 Å². The molecule has 2 aromatic rings. The zero-order chi connectivity index (χ0) is 15.1. The fourth-order valence-corrected chi connectivity index (χ4v) is 2.64. The molecule has 1 atom stereocenters. The second kappa shape index (κ2) is 8.27. The molecule has 0 saturated carbocycles. The number of nitrogens with two attached hydrogens (primary N) is 1. The summed E-state index contributed by atoms with van der Waals surface area (Å²) in [6.07, 6.45) is 3.77. The normalized spacial score (nSPS) is 12.6. The molecule has 0 amide bonds. The van der Waals surface area contributed by atoms with Crippen molar-refractivity contribution in [2.45, 2.75) is 18.9 Å². The van der Waals surface area contributed by atoms with Crippen molar-refractivity contribution in [3.63, 3.8) is 0 Å². The van der Waals surface area contributed by atoms with Crippen LogP contribution in [0.2, 0.25) is 0 Å². The Morgan fingerprint density at radius 1 is 1.19 bits per heavy atom. The first kappa shape index (κ1) is 16.1. The number of hydrogen-bond acceptors (Lipinski definition) is 3. The van der Waals surface area contributed by atoms with Crippen molar-refractivity contribution in [1.82, 2.24) is 9.88 Å². The van der Waals surface area contributed by atoms with E-state index in [9.17, 15) is 0 Å². The van der Waals surface area contributed by atoms with E-state index in [1.807, 2.05) is 30.5 Å².